The SMILES string of the molecule is CNCNCc1ccc(S(C)(=O)=O)cc1. The molecule has 1 rings (SSSR count). The summed E-state index contributed by atoms with van der Waals surface area (Å²) in [7, 11) is -1.22. The van der Waals surface area contributed by atoms with Gasteiger partial charge in [0.2, 0.25) is 0 Å². The minimum atomic E-state index is -3.08. The van der Waals surface area contributed by atoms with Crippen molar-refractivity contribution >= 4 is 9.84 Å². The number of hydrogen-bond donors (Lipinski definition) is 2. The van der Waals surface area contributed by atoms with Gasteiger partial charge < -0.3 is 10.6 Å². The summed E-state index contributed by atoms with van der Waals surface area (Å²) < 4.78 is 22.4. The van der Waals surface area contributed by atoms with Crippen molar-refractivity contribution in [2.45, 2.75) is 11.4 Å². The molecule has 5 heteroatoms. The van der Waals surface area contributed by atoms with Gasteiger partial charge in [-0.25, -0.2) is 8.42 Å². The maximum atomic E-state index is 11.2. The molecule has 2 N–H and O–H groups in total. The van der Waals surface area contributed by atoms with Crippen molar-refractivity contribution < 1.29 is 8.42 Å². The van der Waals surface area contributed by atoms with E-state index in [4.69, 9.17) is 0 Å². The van der Waals surface area contributed by atoms with Gasteiger partial charge in [-0.1, -0.05) is 12.1 Å². The predicted octanol–water partition coefficient (Wildman–Crippen LogP) is 0.357. The molecule has 84 valence electrons. The molecule has 1 aromatic carbocycles. The van der Waals surface area contributed by atoms with Gasteiger partial charge in [-0.3, -0.25) is 0 Å². The molecule has 0 saturated carbocycles. The van der Waals surface area contributed by atoms with Crippen molar-refractivity contribution in [3.63, 3.8) is 0 Å². The van der Waals surface area contributed by atoms with Crippen LogP contribution in [-0.2, 0) is 16.4 Å². The predicted molar refractivity (Wildman–Crippen MR) is 60.3 cm³/mol. The fourth-order valence-electron chi connectivity index (χ4n) is 1.19. The van der Waals surface area contributed by atoms with Crippen LogP contribution < -0.4 is 10.6 Å². The Hall–Kier alpha value is -0.910. The molecule has 0 aromatic heterocycles. The fourth-order valence-corrected chi connectivity index (χ4v) is 1.82. The van der Waals surface area contributed by atoms with Crippen LogP contribution >= 0.6 is 0 Å². The average Bonchev–Trinajstić information content (AvgIpc) is 2.18. The van der Waals surface area contributed by atoms with E-state index >= 15 is 0 Å². The molecule has 0 aliphatic rings. The molecule has 0 aliphatic carbocycles. The summed E-state index contributed by atoms with van der Waals surface area (Å²) in [6, 6.07) is 6.90. The van der Waals surface area contributed by atoms with Crippen molar-refractivity contribution in [1.29, 1.82) is 0 Å². The van der Waals surface area contributed by atoms with E-state index in [1.54, 1.807) is 12.1 Å². The van der Waals surface area contributed by atoms with Gasteiger partial charge in [0, 0.05) is 19.5 Å². The van der Waals surface area contributed by atoms with Crippen LogP contribution in [0.5, 0.6) is 0 Å². The van der Waals surface area contributed by atoms with E-state index in [2.05, 4.69) is 10.6 Å². The third-order valence-corrected chi connectivity index (χ3v) is 3.11. The summed E-state index contributed by atoms with van der Waals surface area (Å²) in [5.41, 5.74) is 1.07. The van der Waals surface area contributed by atoms with Crippen molar-refractivity contribution in [3.8, 4) is 0 Å². The Kier molecular flexibility index (Phi) is 4.26. The molecule has 0 saturated heterocycles. The molecule has 0 fully saturated rings. The first-order chi connectivity index (χ1) is 7.04. The second-order valence-electron chi connectivity index (χ2n) is 3.37. The molecule has 0 bridgehead atoms. The molecule has 0 aliphatic heterocycles. The van der Waals surface area contributed by atoms with Crippen LogP contribution in [0.25, 0.3) is 0 Å². The highest BCUT2D eigenvalue weighted by molar-refractivity contribution is 7.90. The topological polar surface area (TPSA) is 58.2 Å². The first-order valence-corrected chi connectivity index (χ1v) is 6.57. The number of rotatable bonds is 5. The Bertz CT molecular complexity index is 398. The second kappa shape index (κ2) is 5.25. The summed E-state index contributed by atoms with van der Waals surface area (Å²) in [6.45, 7) is 1.46. The average molecular weight is 228 g/mol. The monoisotopic (exact) mass is 228 g/mol. The molecular formula is C10H16N2O2S. The maximum absolute atomic E-state index is 11.2. The second-order valence-corrected chi connectivity index (χ2v) is 5.39. The standard InChI is InChI=1S/C10H16N2O2S/c1-11-8-12-7-9-3-5-10(6-4-9)15(2,13)14/h3-6,11-12H,7-8H2,1-2H3. The lowest BCUT2D eigenvalue weighted by Gasteiger charge is -2.04. The molecule has 0 heterocycles. The van der Waals surface area contributed by atoms with E-state index in [0.29, 0.717) is 4.90 Å². The highest BCUT2D eigenvalue weighted by atomic mass is 32.2. The molecule has 1 aromatic rings. The van der Waals surface area contributed by atoms with Gasteiger partial charge in [0.25, 0.3) is 0 Å². The Balaban J connectivity index is 2.65. The summed E-state index contributed by atoms with van der Waals surface area (Å²) >= 11 is 0. The first-order valence-electron chi connectivity index (χ1n) is 4.68. The van der Waals surface area contributed by atoms with Crippen molar-refractivity contribution in [2.24, 2.45) is 0 Å². The zero-order valence-corrected chi connectivity index (χ0v) is 9.76. The Labute approximate surface area is 90.6 Å². The molecule has 0 amide bonds. The van der Waals surface area contributed by atoms with E-state index in [-0.39, 0.29) is 0 Å². The van der Waals surface area contributed by atoms with Gasteiger partial charge in [-0.15, -0.1) is 0 Å². The van der Waals surface area contributed by atoms with E-state index in [0.717, 1.165) is 18.8 Å². The number of nitrogens with one attached hydrogen (secondary N) is 2. The summed E-state index contributed by atoms with van der Waals surface area (Å²) in [5, 5.41) is 6.12. The molecule has 0 spiro atoms. The molecular weight excluding hydrogens is 212 g/mol. The fraction of sp³-hybridized carbons (Fsp3) is 0.400. The smallest absolute Gasteiger partial charge is 0.175 e. The molecule has 0 unspecified atom stereocenters. The van der Waals surface area contributed by atoms with E-state index in [1.165, 1.54) is 6.26 Å². The van der Waals surface area contributed by atoms with Gasteiger partial charge in [-0.2, -0.15) is 0 Å². The number of hydrogen-bond acceptors (Lipinski definition) is 4. The van der Waals surface area contributed by atoms with Crippen LogP contribution in [0.15, 0.2) is 29.2 Å². The lowest BCUT2D eigenvalue weighted by atomic mass is 10.2. The van der Waals surface area contributed by atoms with Crippen LogP contribution in [0.2, 0.25) is 0 Å². The zero-order valence-electron chi connectivity index (χ0n) is 8.95. The largest absolute Gasteiger partial charge is 0.308 e. The first kappa shape index (κ1) is 12.2. The van der Waals surface area contributed by atoms with Crippen LogP contribution in [-0.4, -0.2) is 28.4 Å². The maximum Gasteiger partial charge on any atom is 0.175 e. The quantitative estimate of drug-likeness (QED) is 0.564. The zero-order chi connectivity index (χ0) is 11.3. The highest BCUT2D eigenvalue weighted by Gasteiger charge is 2.05. The third kappa shape index (κ3) is 3.99. The highest BCUT2D eigenvalue weighted by Crippen LogP contribution is 2.09. The Morgan fingerprint density at radius 3 is 2.27 bits per heavy atom. The summed E-state index contributed by atoms with van der Waals surface area (Å²) in [4.78, 5) is 0.361. The molecule has 0 atom stereocenters. The minimum absolute atomic E-state index is 0.361. The third-order valence-electron chi connectivity index (χ3n) is 1.98. The summed E-state index contributed by atoms with van der Waals surface area (Å²) in [6.07, 6.45) is 1.21. The molecule has 0 radical (unpaired) electrons. The van der Waals surface area contributed by atoms with Crippen molar-refractivity contribution in [3.05, 3.63) is 29.8 Å². The number of sulfone groups is 1. The van der Waals surface area contributed by atoms with Crippen molar-refractivity contribution in [1.82, 2.24) is 10.6 Å². The van der Waals surface area contributed by atoms with Crippen molar-refractivity contribution in [2.75, 3.05) is 20.0 Å². The van der Waals surface area contributed by atoms with Gasteiger partial charge >= 0.3 is 0 Å². The Morgan fingerprint density at radius 1 is 1.20 bits per heavy atom. The van der Waals surface area contributed by atoms with E-state index < -0.39 is 9.84 Å². The van der Waals surface area contributed by atoms with E-state index in [1.807, 2.05) is 19.2 Å². The molecule has 4 nitrogen and oxygen atoms in total. The van der Waals surface area contributed by atoms with Gasteiger partial charge in [0.15, 0.2) is 9.84 Å². The van der Waals surface area contributed by atoms with Crippen LogP contribution in [0.1, 0.15) is 5.56 Å². The van der Waals surface area contributed by atoms with Gasteiger partial charge in [0.1, 0.15) is 0 Å². The normalized spacial score (nSPS) is 11.6. The van der Waals surface area contributed by atoms with Gasteiger partial charge in [-0.05, 0) is 24.7 Å². The van der Waals surface area contributed by atoms with E-state index in [9.17, 15) is 8.42 Å². The minimum Gasteiger partial charge on any atom is -0.308 e. The van der Waals surface area contributed by atoms with Gasteiger partial charge in [0.05, 0.1) is 4.90 Å². The van der Waals surface area contributed by atoms with Crippen LogP contribution in [0, 0.1) is 0 Å². The lowest BCUT2D eigenvalue weighted by Crippen LogP contribution is -2.25. The Morgan fingerprint density at radius 2 is 1.80 bits per heavy atom. The molecule has 15 heavy (non-hydrogen) atoms. The lowest BCUT2D eigenvalue weighted by molar-refractivity contribution is 0.601. The number of benzene rings is 1. The summed E-state index contributed by atoms with van der Waals surface area (Å²) in [5.74, 6) is 0. The van der Waals surface area contributed by atoms with Crippen LogP contribution in [0.4, 0.5) is 0 Å². The van der Waals surface area contributed by atoms with Crippen LogP contribution in [0.3, 0.4) is 0 Å².